The minimum absolute atomic E-state index is 0.0417. The van der Waals surface area contributed by atoms with Gasteiger partial charge in [0.15, 0.2) is 0 Å². The fourth-order valence-electron chi connectivity index (χ4n) is 3.54. The summed E-state index contributed by atoms with van der Waals surface area (Å²) in [4.78, 5) is 34.0. The second-order valence-electron chi connectivity index (χ2n) is 9.57. The monoisotopic (exact) mass is 612 g/mol. The minimum Gasteiger partial charge on any atom is -0.478 e. The molecule has 0 fully saturated rings. The summed E-state index contributed by atoms with van der Waals surface area (Å²) in [6.07, 6.45) is 14.5. The lowest BCUT2D eigenvalue weighted by Crippen LogP contribution is -2.15. The van der Waals surface area contributed by atoms with Gasteiger partial charge >= 0.3 is 17.9 Å². The van der Waals surface area contributed by atoms with Crippen LogP contribution in [-0.2, 0) is 23.7 Å². The Kier molecular flexibility index (Phi) is 33.2. The lowest BCUT2D eigenvalue weighted by atomic mass is 10.1. The van der Waals surface area contributed by atoms with Crippen LogP contribution in [0.5, 0.6) is 0 Å². The van der Waals surface area contributed by atoms with Crippen molar-refractivity contribution in [1.82, 2.24) is 0 Å². The van der Waals surface area contributed by atoms with Crippen LogP contribution in [0, 0.1) is 0 Å². The summed E-state index contributed by atoms with van der Waals surface area (Å²) in [7, 11) is 0. The Morgan fingerprint density at radius 1 is 0.628 bits per heavy atom. The Labute approximate surface area is 258 Å². The van der Waals surface area contributed by atoms with Gasteiger partial charge in [0.05, 0.1) is 64.0 Å². The number of esters is 2. The molecule has 10 heteroatoms. The number of carbonyl (C=O) groups is 3. The van der Waals surface area contributed by atoms with Crippen molar-refractivity contribution >= 4 is 17.9 Å². The van der Waals surface area contributed by atoms with Crippen LogP contribution in [0.15, 0.2) is 36.9 Å². The SMILES string of the molecule is C=CC(=O)O.CCCCCCCCOC(=O)c1ccccc1C(=O)OCCCCCCCC.OCCOCCOCCO. The summed E-state index contributed by atoms with van der Waals surface area (Å²) in [5.74, 6) is -1.87. The van der Waals surface area contributed by atoms with E-state index in [4.69, 9.17) is 34.3 Å². The third kappa shape index (κ3) is 29.1. The number of carboxylic acid groups (broad SMARTS) is 1. The highest BCUT2D eigenvalue weighted by molar-refractivity contribution is 6.03. The first kappa shape index (κ1) is 42.3. The van der Waals surface area contributed by atoms with Gasteiger partial charge < -0.3 is 34.3 Å². The first-order valence-electron chi connectivity index (χ1n) is 15.5. The molecule has 1 aromatic carbocycles. The zero-order chi connectivity index (χ0) is 32.4. The number of carbonyl (C=O) groups excluding carboxylic acids is 2. The maximum absolute atomic E-state index is 12.4. The van der Waals surface area contributed by atoms with Gasteiger partial charge in [-0.15, -0.1) is 0 Å². The standard InChI is InChI=1S/C24H38O4.C6H14O4.C3H4O2/c1-3-5-7-9-11-15-19-27-23(25)21-17-13-14-18-22(21)24(26)28-20-16-12-10-8-6-4-2;7-1-3-9-5-6-10-4-2-8;1-2-3(4)5/h13-14,17-18H,3-12,15-16,19-20H2,1-2H3;7-8H,1-6H2;2H,1H2,(H,4,5). The third-order valence-corrected chi connectivity index (χ3v) is 5.85. The molecular formula is C33H56O10. The van der Waals surface area contributed by atoms with E-state index in [-0.39, 0.29) is 13.2 Å². The highest BCUT2D eigenvalue weighted by Gasteiger charge is 2.18. The molecule has 0 aromatic heterocycles. The van der Waals surface area contributed by atoms with Crippen molar-refractivity contribution in [1.29, 1.82) is 0 Å². The number of ether oxygens (including phenoxy) is 4. The van der Waals surface area contributed by atoms with Crippen LogP contribution in [-0.4, -0.2) is 86.1 Å². The third-order valence-electron chi connectivity index (χ3n) is 5.85. The molecule has 0 bridgehead atoms. The molecule has 1 aromatic rings. The van der Waals surface area contributed by atoms with Gasteiger partial charge in [0.2, 0.25) is 0 Å². The molecule has 0 saturated carbocycles. The van der Waals surface area contributed by atoms with E-state index in [1.165, 1.54) is 51.4 Å². The molecule has 248 valence electrons. The van der Waals surface area contributed by atoms with E-state index in [0.29, 0.717) is 50.8 Å². The first-order valence-corrected chi connectivity index (χ1v) is 15.5. The van der Waals surface area contributed by atoms with Crippen molar-refractivity contribution in [3.05, 3.63) is 48.0 Å². The fourth-order valence-corrected chi connectivity index (χ4v) is 3.54. The molecule has 0 radical (unpaired) electrons. The van der Waals surface area contributed by atoms with Crippen LogP contribution in [0.4, 0.5) is 0 Å². The molecule has 1 rings (SSSR count). The summed E-state index contributed by atoms with van der Waals surface area (Å²) >= 11 is 0. The molecule has 43 heavy (non-hydrogen) atoms. The molecule has 0 heterocycles. The lowest BCUT2D eigenvalue weighted by Gasteiger charge is -2.10. The topological polar surface area (TPSA) is 149 Å². The Hall–Kier alpha value is -2.79. The highest BCUT2D eigenvalue weighted by atomic mass is 16.5. The van der Waals surface area contributed by atoms with Crippen LogP contribution in [0.1, 0.15) is 112 Å². The van der Waals surface area contributed by atoms with Crippen molar-refractivity contribution in [2.45, 2.75) is 90.9 Å². The van der Waals surface area contributed by atoms with E-state index in [1.54, 1.807) is 24.3 Å². The maximum Gasteiger partial charge on any atom is 0.339 e. The van der Waals surface area contributed by atoms with E-state index in [1.807, 2.05) is 0 Å². The van der Waals surface area contributed by atoms with Crippen molar-refractivity contribution in [2.75, 3.05) is 52.9 Å². The molecular weight excluding hydrogens is 556 g/mol. The molecule has 0 atom stereocenters. The molecule has 0 aliphatic heterocycles. The fraction of sp³-hybridized carbons (Fsp3) is 0.667. The number of carboxylic acids is 1. The number of aliphatic hydroxyl groups excluding tert-OH is 2. The number of hydrogen-bond donors (Lipinski definition) is 3. The predicted octanol–water partition coefficient (Wildman–Crippen LogP) is 5.98. The molecule has 0 aliphatic rings. The Morgan fingerprint density at radius 3 is 1.30 bits per heavy atom. The number of unbranched alkanes of at least 4 members (excludes halogenated alkanes) is 10. The van der Waals surface area contributed by atoms with Gasteiger partial charge in [0.1, 0.15) is 0 Å². The van der Waals surface area contributed by atoms with Gasteiger partial charge in [-0.2, -0.15) is 0 Å². The Bertz CT molecular complexity index is 756. The van der Waals surface area contributed by atoms with Gasteiger partial charge in [0.25, 0.3) is 0 Å². The van der Waals surface area contributed by atoms with Crippen molar-refractivity contribution in [3.8, 4) is 0 Å². The molecule has 0 saturated heterocycles. The van der Waals surface area contributed by atoms with E-state index in [2.05, 4.69) is 20.4 Å². The first-order chi connectivity index (χ1) is 20.9. The summed E-state index contributed by atoms with van der Waals surface area (Å²) in [6.45, 7) is 9.86. The summed E-state index contributed by atoms with van der Waals surface area (Å²) in [5, 5.41) is 24.1. The van der Waals surface area contributed by atoms with Crippen LogP contribution >= 0.6 is 0 Å². The van der Waals surface area contributed by atoms with Gasteiger partial charge in [-0.05, 0) is 25.0 Å². The largest absolute Gasteiger partial charge is 0.478 e. The van der Waals surface area contributed by atoms with Crippen molar-refractivity contribution in [3.63, 3.8) is 0 Å². The summed E-state index contributed by atoms with van der Waals surface area (Å²) < 4.78 is 20.5. The predicted molar refractivity (Wildman–Crippen MR) is 167 cm³/mol. The highest BCUT2D eigenvalue weighted by Crippen LogP contribution is 2.14. The van der Waals surface area contributed by atoms with E-state index < -0.39 is 17.9 Å². The molecule has 0 spiro atoms. The maximum atomic E-state index is 12.4. The van der Waals surface area contributed by atoms with Gasteiger partial charge in [-0.1, -0.05) is 96.8 Å². The van der Waals surface area contributed by atoms with E-state index in [9.17, 15) is 14.4 Å². The van der Waals surface area contributed by atoms with Crippen LogP contribution < -0.4 is 0 Å². The van der Waals surface area contributed by atoms with Crippen LogP contribution in [0.25, 0.3) is 0 Å². The van der Waals surface area contributed by atoms with Gasteiger partial charge in [0, 0.05) is 6.08 Å². The second kappa shape index (κ2) is 33.7. The average molecular weight is 613 g/mol. The molecule has 3 N–H and O–H groups in total. The van der Waals surface area contributed by atoms with E-state index in [0.717, 1.165) is 31.8 Å². The number of benzene rings is 1. The Balaban J connectivity index is 0. The number of aliphatic hydroxyl groups is 2. The smallest absolute Gasteiger partial charge is 0.339 e. The van der Waals surface area contributed by atoms with Crippen LogP contribution in [0.3, 0.4) is 0 Å². The zero-order valence-corrected chi connectivity index (χ0v) is 26.4. The second-order valence-corrected chi connectivity index (χ2v) is 9.57. The number of rotatable bonds is 24. The summed E-state index contributed by atoms with van der Waals surface area (Å²) in [5.41, 5.74) is 0.586. The van der Waals surface area contributed by atoms with Crippen molar-refractivity contribution in [2.24, 2.45) is 0 Å². The lowest BCUT2D eigenvalue weighted by molar-refractivity contribution is -0.131. The molecule has 0 aliphatic carbocycles. The van der Waals surface area contributed by atoms with Crippen molar-refractivity contribution < 1.29 is 48.7 Å². The molecule has 0 amide bonds. The number of hydrogen-bond acceptors (Lipinski definition) is 9. The zero-order valence-electron chi connectivity index (χ0n) is 26.4. The van der Waals surface area contributed by atoms with E-state index >= 15 is 0 Å². The summed E-state index contributed by atoms with van der Waals surface area (Å²) in [6, 6.07) is 6.74. The average Bonchev–Trinajstić information content (AvgIpc) is 3.02. The number of aliphatic carboxylic acids is 1. The normalized spacial score (nSPS) is 10.0. The Morgan fingerprint density at radius 2 is 0.977 bits per heavy atom. The van der Waals surface area contributed by atoms with Crippen LogP contribution in [0.2, 0.25) is 0 Å². The molecule has 10 nitrogen and oxygen atoms in total. The minimum atomic E-state index is -0.981. The van der Waals surface area contributed by atoms with Gasteiger partial charge in [-0.25, -0.2) is 14.4 Å². The van der Waals surface area contributed by atoms with Gasteiger partial charge in [-0.3, -0.25) is 0 Å². The molecule has 0 unspecified atom stereocenters. The quantitative estimate of drug-likeness (QED) is 0.0723.